The first-order valence-electron chi connectivity index (χ1n) is 36.5. The Balaban J connectivity index is 4.15. The van der Waals surface area contributed by atoms with E-state index >= 15 is 0 Å². The molecule has 0 aliphatic rings. The van der Waals surface area contributed by atoms with Gasteiger partial charge in [-0.25, -0.2) is 0 Å². The fourth-order valence-corrected chi connectivity index (χ4v) is 11.1. The van der Waals surface area contributed by atoms with E-state index in [-0.39, 0.29) is 31.1 Å². The Bertz CT molecular complexity index is 1350. The Kier molecular flexibility index (Phi) is 68.1. The molecule has 6 nitrogen and oxygen atoms in total. The maximum atomic E-state index is 12.9. The SMILES string of the molecule is CCCC/C=C\CCCCCCCC(=O)OCC(COC(=O)CCCCCCCCCCCCCCCCCCCCCCCCCCCCC)OC(=O)CCCCCCCCCCCCCCC/C=C\C/C=C\CCCCCCC. The van der Waals surface area contributed by atoms with Gasteiger partial charge >= 0.3 is 17.9 Å². The van der Waals surface area contributed by atoms with Crippen LogP contribution in [0.4, 0.5) is 0 Å². The van der Waals surface area contributed by atoms with Gasteiger partial charge in [-0.2, -0.15) is 0 Å². The maximum absolute atomic E-state index is 12.9. The lowest BCUT2D eigenvalue weighted by Gasteiger charge is -2.18. The molecule has 476 valence electrons. The zero-order chi connectivity index (χ0) is 58.5. The van der Waals surface area contributed by atoms with E-state index in [2.05, 4.69) is 57.2 Å². The molecule has 81 heavy (non-hydrogen) atoms. The van der Waals surface area contributed by atoms with Gasteiger partial charge in [-0.1, -0.05) is 353 Å². The highest BCUT2D eigenvalue weighted by molar-refractivity contribution is 5.71. The third kappa shape index (κ3) is 68.3. The van der Waals surface area contributed by atoms with Crippen molar-refractivity contribution in [1.29, 1.82) is 0 Å². The Morgan fingerprint density at radius 1 is 0.247 bits per heavy atom. The number of rotatable bonds is 68. The van der Waals surface area contributed by atoms with Crippen LogP contribution in [0.25, 0.3) is 0 Å². The Morgan fingerprint density at radius 3 is 0.728 bits per heavy atom. The molecule has 0 aliphatic carbocycles. The summed E-state index contributed by atoms with van der Waals surface area (Å²) < 4.78 is 17.0. The number of ether oxygens (including phenoxy) is 3. The van der Waals surface area contributed by atoms with Gasteiger partial charge in [0.2, 0.25) is 0 Å². The van der Waals surface area contributed by atoms with E-state index in [1.54, 1.807) is 0 Å². The smallest absolute Gasteiger partial charge is 0.306 e. The largest absolute Gasteiger partial charge is 0.462 e. The summed E-state index contributed by atoms with van der Waals surface area (Å²) in [5, 5.41) is 0. The van der Waals surface area contributed by atoms with E-state index < -0.39 is 6.10 Å². The molecular formula is C75H140O6. The van der Waals surface area contributed by atoms with Gasteiger partial charge in [0.15, 0.2) is 6.10 Å². The molecule has 0 spiro atoms. The Morgan fingerprint density at radius 2 is 0.457 bits per heavy atom. The Labute approximate surface area is 506 Å². The van der Waals surface area contributed by atoms with Crippen molar-refractivity contribution in [2.75, 3.05) is 13.2 Å². The molecule has 0 aliphatic heterocycles. The number of esters is 3. The summed E-state index contributed by atoms with van der Waals surface area (Å²) in [7, 11) is 0. The predicted octanol–water partition coefficient (Wildman–Crippen LogP) is 25.1. The molecule has 0 N–H and O–H groups in total. The molecule has 0 rings (SSSR count). The molecule has 0 aromatic heterocycles. The molecule has 0 aromatic carbocycles. The minimum atomic E-state index is -0.774. The zero-order valence-electron chi connectivity index (χ0n) is 54.8. The third-order valence-electron chi connectivity index (χ3n) is 16.6. The van der Waals surface area contributed by atoms with Gasteiger partial charge in [0.1, 0.15) is 13.2 Å². The van der Waals surface area contributed by atoms with Gasteiger partial charge in [0.05, 0.1) is 0 Å². The van der Waals surface area contributed by atoms with Crippen molar-refractivity contribution in [2.24, 2.45) is 0 Å². The van der Waals surface area contributed by atoms with Crippen molar-refractivity contribution in [3.63, 3.8) is 0 Å². The fraction of sp³-hybridized carbons (Fsp3) is 0.880. The molecule has 0 bridgehead atoms. The Hall–Kier alpha value is -2.37. The number of unbranched alkanes of at least 4 members (excludes halogenated alkanes) is 51. The van der Waals surface area contributed by atoms with Crippen LogP contribution in [0.5, 0.6) is 0 Å². The van der Waals surface area contributed by atoms with E-state index in [1.807, 2.05) is 0 Å². The van der Waals surface area contributed by atoms with Crippen LogP contribution in [0.3, 0.4) is 0 Å². The monoisotopic (exact) mass is 1140 g/mol. The number of allylic oxidation sites excluding steroid dienone is 6. The lowest BCUT2D eigenvalue weighted by Crippen LogP contribution is -2.30. The van der Waals surface area contributed by atoms with Crippen LogP contribution in [-0.2, 0) is 28.6 Å². The number of hydrogen-bond donors (Lipinski definition) is 0. The summed E-state index contributed by atoms with van der Waals surface area (Å²) >= 11 is 0. The molecule has 0 radical (unpaired) electrons. The second kappa shape index (κ2) is 70.1. The highest BCUT2D eigenvalue weighted by atomic mass is 16.6. The molecule has 0 amide bonds. The van der Waals surface area contributed by atoms with E-state index in [1.165, 1.54) is 295 Å². The van der Waals surface area contributed by atoms with Crippen LogP contribution in [0.2, 0.25) is 0 Å². The molecule has 0 aromatic rings. The highest BCUT2D eigenvalue weighted by Gasteiger charge is 2.19. The van der Waals surface area contributed by atoms with Crippen LogP contribution in [0, 0.1) is 0 Å². The molecule has 0 fully saturated rings. The quantitative estimate of drug-likeness (QED) is 0.0261. The van der Waals surface area contributed by atoms with Gasteiger partial charge in [-0.15, -0.1) is 0 Å². The summed E-state index contributed by atoms with van der Waals surface area (Å²) in [4.78, 5) is 38.4. The lowest BCUT2D eigenvalue weighted by atomic mass is 10.0. The van der Waals surface area contributed by atoms with Crippen LogP contribution >= 0.6 is 0 Å². The number of hydrogen-bond acceptors (Lipinski definition) is 6. The number of carbonyl (C=O) groups is 3. The first-order valence-corrected chi connectivity index (χ1v) is 36.5. The fourth-order valence-electron chi connectivity index (χ4n) is 11.1. The normalized spacial score (nSPS) is 12.2. The average molecular weight is 1140 g/mol. The minimum absolute atomic E-state index is 0.0699. The second-order valence-corrected chi connectivity index (χ2v) is 24.9. The standard InChI is InChI=1S/C75H140O6/c1-4-7-10-13-16-19-22-24-26-28-30-32-34-36-37-39-40-42-44-46-48-50-53-56-59-62-65-68-74(77)80-71-72(70-79-73(76)67-64-61-58-55-52-21-18-15-12-9-6-3)81-75(78)69-66-63-60-57-54-51-49-47-45-43-41-38-35-33-31-29-27-25-23-20-17-14-11-8-5-2/h15,18,23,25,29,31,72H,4-14,16-17,19-22,24,26-28,30,32-71H2,1-3H3/b18-15-,25-23-,31-29-. The third-order valence-corrected chi connectivity index (χ3v) is 16.6. The van der Waals surface area contributed by atoms with Crippen molar-refractivity contribution in [1.82, 2.24) is 0 Å². The van der Waals surface area contributed by atoms with Gasteiger partial charge in [0, 0.05) is 19.3 Å². The van der Waals surface area contributed by atoms with Gasteiger partial charge < -0.3 is 14.2 Å². The molecule has 0 saturated heterocycles. The summed E-state index contributed by atoms with van der Waals surface area (Å²) in [6, 6.07) is 0. The first kappa shape index (κ1) is 78.6. The molecule has 6 heteroatoms. The maximum Gasteiger partial charge on any atom is 0.306 e. The lowest BCUT2D eigenvalue weighted by molar-refractivity contribution is -0.167. The van der Waals surface area contributed by atoms with Gasteiger partial charge in [0.25, 0.3) is 0 Å². The first-order chi connectivity index (χ1) is 40.0. The average Bonchev–Trinajstić information content (AvgIpc) is 3.47. The highest BCUT2D eigenvalue weighted by Crippen LogP contribution is 2.19. The van der Waals surface area contributed by atoms with Crippen LogP contribution in [-0.4, -0.2) is 37.2 Å². The van der Waals surface area contributed by atoms with Crippen molar-refractivity contribution in [3.8, 4) is 0 Å². The van der Waals surface area contributed by atoms with Crippen LogP contribution < -0.4 is 0 Å². The molecule has 1 unspecified atom stereocenters. The summed E-state index contributed by atoms with van der Waals surface area (Å²) in [6.07, 6.45) is 87.7. The van der Waals surface area contributed by atoms with E-state index in [9.17, 15) is 14.4 Å². The van der Waals surface area contributed by atoms with E-state index in [0.717, 1.165) is 70.6 Å². The predicted molar refractivity (Wildman–Crippen MR) is 353 cm³/mol. The van der Waals surface area contributed by atoms with Gasteiger partial charge in [-0.3, -0.25) is 14.4 Å². The number of carbonyl (C=O) groups excluding carboxylic acids is 3. The minimum Gasteiger partial charge on any atom is -0.462 e. The van der Waals surface area contributed by atoms with E-state index in [4.69, 9.17) is 14.2 Å². The van der Waals surface area contributed by atoms with Gasteiger partial charge in [-0.05, 0) is 70.6 Å². The van der Waals surface area contributed by atoms with E-state index in [0.29, 0.717) is 19.3 Å². The van der Waals surface area contributed by atoms with Crippen molar-refractivity contribution in [2.45, 2.75) is 412 Å². The molecule has 1 atom stereocenters. The zero-order valence-corrected chi connectivity index (χ0v) is 54.8. The second-order valence-electron chi connectivity index (χ2n) is 24.9. The summed E-state index contributed by atoms with van der Waals surface area (Å²) in [5.41, 5.74) is 0. The van der Waals surface area contributed by atoms with Crippen molar-refractivity contribution >= 4 is 17.9 Å². The molecule has 0 saturated carbocycles. The van der Waals surface area contributed by atoms with Crippen molar-refractivity contribution in [3.05, 3.63) is 36.5 Å². The summed E-state index contributed by atoms with van der Waals surface area (Å²) in [6.45, 7) is 6.66. The topological polar surface area (TPSA) is 78.9 Å². The van der Waals surface area contributed by atoms with Crippen LogP contribution in [0.1, 0.15) is 406 Å². The molecule has 0 heterocycles. The van der Waals surface area contributed by atoms with Crippen LogP contribution in [0.15, 0.2) is 36.5 Å². The summed E-state index contributed by atoms with van der Waals surface area (Å²) in [5.74, 6) is -0.853. The molecular weight excluding hydrogens is 997 g/mol. The van der Waals surface area contributed by atoms with Crippen molar-refractivity contribution < 1.29 is 28.6 Å².